The van der Waals surface area contributed by atoms with Gasteiger partial charge in [0.25, 0.3) is 0 Å². The van der Waals surface area contributed by atoms with Crippen LogP contribution in [0.25, 0.3) is 11.0 Å². The van der Waals surface area contributed by atoms with E-state index in [-0.39, 0.29) is 0 Å². The van der Waals surface area contributed by atoms with Gasteiger partial charge >= 0.3 is 0 Å². The van der Waals surface area contributed by atoms with E-state index in [0.29, 0.717) is 17.1 Å². The molecule has 0 bridgehead atoms. The van der Waals surface area contributed by atoms with Crippen molar-refractivity contribution in [2.45, 2.75) is 6.04 Å². The van der Waals surface area contributed by atoms with Gasteiger partial charge in [0, 0.05) is 5.39 Å². The number of hydrogen-bond acceptors (Lipinski definition) is 3. The Morgan fingerprint density at radius 3 is 2.70 bits per heavy atom. The topological polar surface area (TPSA) is 48.4 Å². The maximum absolute atomic E-state index is 14.0. The number of halogens is 1. The lowest BCUT2D eigenvalue weighted by molar-refractivity contribution is 0.397. The molecule has 1 atom stereocenters. The minimum absolute atomic E-state index is 0.300. The molecule has 1 heterocycles. The molecule has 0 saturated carbocycles. The molecule has 2 aromatic carbocycles. The van der Waals surface area contributed by atoms with Gasteiger partial charge in [0.2, 0.25) is 0 Å². The minimum Gasteiger partial charge on any atom is -0.496 e. The summed E-state index contributed by atoms with van der Waals surface area (Å²) < 4.78 is 24.9. The van der Waals surface area contributed by atoms with Gasteiger partial charge in [-0.3, -0.25) is 0 Å². The number of furan rings is 1. The third-order valence-electron chi connectivity index (χ3n) is 3.29. The summed E-state index contributed by atoms with van der Waals surface area (Å²) in [4.78, 5) is 0. The van der Waals surface area contributed by atoms with Crippen LogP contribution in [-0.2, 0) is 0 Å². The van der Waals surface area contributed by atoms with Crippen molar-refractivity contribution in [2.24, 2.45) is 5.73 Å². The number of benzene rings is 2. The highest BCUT2D eigenvalue weighted by Gasteiger charge is 2.21. The number of rotatable bonds is 3. The highest BCUT2D eigenvalue weighted by molar-refractivity contribution is 5.78. The lowest BCUT2D eigenvalue weighted by Crippen LogP contribution is -2.14. The van der Waals surface area contributed by atoms with E-state index in [1.165, 1.54) is 13.2 Å². The van der Waals surface area contributed by atoms with Gasteiger partial charge in [-0.25, -0.2) is 4.39 Å². The zero-order chi connectivity index (χ0) is 14.1. The van der Waals surface area contributed by atoms with E-state index in [4.69, 9.17) is 14.9 Å². The lowest BCUT2D eigenvalue weighted by atomic mass is 10.0. The van der Waals surface area contributed by atoms with Crippen LogP contribution in [0.4, 0.5) is 4.39 Å². The Hall–Kier alpha value is -2.33. The van der Waals surface area contributed by atoms with Crippen LogP contribution in [0, 0.1) is 5.82 Å². The molecule has 20 heavy (non-hydrogen) atoms. The van der Waals surface area contributed by atoms with Crippen LogP contribution in [0.1, 0.15) is 17.4 Å². The van der Waals surface area contributed by atoms with Crippen molar-refractivity contribution in [1.29, 1.82) is 0 Å². The van der Waals surface area contributed by atoms with Crippen molar-refractivity contribution in [3.8, 4) is 5.75 Å². The van der Waals surface area contributed by atoms with Crippen molar-refractivity contribution in [1.82, 2.24) is 0 Å². The molecular weight excluding hydrogens is 257 g/mol. The Morgan fingerprint density at radius 1 is 1.15 bits per heavy atom. The molecule has 2 N–H and O–H groups in total. The zero-order valence-corrected chi connectivity index (χ0v) is 11.0. The molecular formula is C16H14FNO2. The third-order valence-corrected chi connectivity index (χ3v) is 3.29. The van der Waals surface area contributed by atoms with Crippen LogP contribution in [0.2, 0.25) is 0 Å². The predicted octanol–water partition coefficient (Wildman–Crippen LogP) is 3.63. The molecule has 3 nitrogen and oxygen atoms in total. The van der Waals surface area contributed by atoms with Crippen LogP contribution in [-0.4, -0.2) is 7.11 Å². The number of ether oxygens (including phenoxy) is 1. The second-order valence-corrected chi connectivity index (χ2v) is 4.52. The van der Waals surface area contributed by atoms with Gasteiger partial charge in [-0.15, -0.1) is 0 Å². The van der Waals surface area contributed by atoms with Crippen molar-refractivity contribution in [3.05, 3.63) is 65.7 Å². The number of para-hydroxylation sites is 1. The zero-order valence-electron chi connectivity index (χ0n) is 11.0. The Kier molecular flexibility index (Phi) is 3.16. The summed E-state index contributed by atoms with van der Waals surface area (Å²) in [6, 6.07) is 13.3. The summed E-state index contributed by atoms with van der Waals surface area (Å²) in [6.45, 7) is 0. The molecule has 0 saturated heterocycles. The summed E-state index contributed by atoms with van der Waals surface area (Å²) in [5.74, 6) is 0.518. The second kappa shape index (κ2) is 4.98. The van der Waals surface area contributed by atoms with Gasteiger partial charge in [-0.2, -0.15) is 0 Å². The summed E-state index contributed by atoms with van der Waals surface area (Å²) in [5, 5.41) is 0.938. The predicted molar refractivity (Wildman–Crippen MR) is 75.2 cm³/mol. The van der Waals surface area contributed by atoms with E-state index in [0.717, 1.165) is 11.0 Å². The van der Waals surface area contributed by atoms with Crippen LogP contribution in [0.3, 0.4) is 0 Å². The maximum Gasteiger partial charge on any atom is 0.134 e. The fourth-order valence-corrected chi connectivity index (χ4v) is 2.29. The number of methoxy groups -OCH3 is 1. The van der Waals surface area contributed by atoms with Gasteiger partial charge < -0.3 is 14.9 Å². The Labute approximate surface area is 115 Å². The fourth-order valence-electron chi connectivity index (χ4n) is 2.29. The second-order valence-electron chi connectivity index (χ2n) is 4.52. The molecule has 0 radical (unpaired) electrons. The van der Waals surface area contributed by atoms with Crippen LogP contribution in [0.15, 0.2) is 52.9 Å². The molecule has 0 fully saturated rings. The summed E-state index contributed by atoms with van der Waals surface area (Å²) in [7, 11) is 1.49. The van der Waals surface area contributed by atoms with Crippen molar-refractivity contribution in [2.75, 3.05) is 7.11 Å². The fraction of sp³-hybridized carbons (Fsp3) is 0.125. The summed E-state index contributed by atoms with van der Waals surface area (Å²) in [5.41, 5.74) is 7.17. The van der Waals surface area contributed by atoms with Crippen molar-refractivity contribution >= 4 is 11.0 Å². The molecule has 1 unspecified atom stereocenters. The standard InChI is InChI=1S/C16H14FNO2/c1-19-13-8-4-6-11(17)15(13)16(18)14-9-10-5-2-3-7-12(10)20-14/h2-9,16H,18H2,1H3. The summed E-state index contributed by atoms with van der Waals surface area (Å²) in [6.07, 6.45) is 0. The quantitative estimate of drug-likeness (QED) is 0.791. The van der Waals surface area contributed by atoms with E-state index in [1.54, 1.807) is 12.1 Å². The summed E-state index contributed by atoms with van der Waals surface area (Å²) >= 11 is 0. The molecule has 0 amide bonds. The molecule has 3 aromatic rings. The SMILES string of the molecule is COc1cccc(F)c1C(N)c1cc2ccccc2o1. The van der Waals surface area contributed by atoms with E-state index >= 15 is 0 Å². The van der Waals surface area contributed by atoms with Gasteiger partial charge in [-0.1, -0.05) is 24.3 Å². The molecule has 0 aliphatic carbocycles. The van der Waals surface area contributed by atoms with Gasteiger partial charge in [0.15, 0.2) is 0 Å². The first-order valence-electron chi connectivity index (χ1n) is 6.27. The average Bonchev–Trinajstić information content (AvgIpc) is 2.90. The third kappa shape index (κ3) is 2.04. The average molecular weight is 271 g/mol. The highest BCUT2D eigenvalue weighted by atomic mass is 19.1. The molecule has 0 spiro atoms. The Morgan fingerprint density at radius 2 is 1.95 bits per heavy atom. The first kappa shape index (κ1) is 12.7. The molecule has 4 heteroatoms. The van der Waals surface area contributed by atoms with Gasteiger partial charge in [0.1, 0.15) is 22.9 Å². The van der Waals surface area contributed by atoms with Crippen LogP contribution < -0.4 is 10.5 Å². The smallest absolute Gasteiger partial charge is 0.134 e. The molecule has 0 aliphatic rings. The maximum atomic E-state index is 14.0. The monoisotopic (exact) mass is 271 g/mol. The Balaban J connectivity index is 2.10. The first-order chi connectivity index (χ1) is 9.70. The van der Waals surface area contributed by atoms with Gasteiger partial charge in [-0.05, 0) is 24.3 Å². The Bertz CT molecular complexity index is 718. The first-order valence-corrected chi connectivity index (χ1v) is 6.27. The number of hydrogen-bond donors (Lipinski definition) is 1. The molecule has 102 valence electrons. The van der Waals surface area contributed by atoms with E-state index < -0.39 is 11.9 Å². The normalized spacial score (nSPS) is 12.6. The lowest BCUT2D eigenvalue weighted by Gasteiger charge is -2.14. The van der Waals surface area contributed by atoms with Crippen LogP contribution in [0.5, 0.6) is 5.75 Å². The highest BCUT2D eigenvalue weighted by Crippen LogP contribution is 2.33. The molecule has 3 rings (SSSR count). The van der Waals surface area contributed by atoms with Crippen LogP contribution >= 0.6 is 0 Å². The van der Waals surface area contributed by atoms with E-state index in [9.17, 15) is 4.39 Å². The minimum atomic E-state index is -0.710. The molecule has 0 aliphatic heterocycles. The largest absolute Gasteiger partial charge is 0.496 e. The van der Waals surface area contributed by atoms with E-state index in [1.807, 2.05) is 30.3 Å². The number of fused-ring (bicyclic) bond motifs is 1. The van der Waals surface area contributed by atoms with Crippen molar-refractivity contribution < 1.29 is 13.5 Å². The van der Waals surface area contributed by atoms with Crippen molar-refractivity contribution in [3.63, 3.8) is 0 Å². The van der Waals surface area contributed by atoms with Gasteiger partial charge in [0.05, 0.1) is 18.7 Å². The molecule has 1 aromatic heterocycles. The van der Waals surface area contributed by atoms with E-state index in [2.05, 4.69) is 0 Å². The number of nitrogens with two attached hydrogens (primary N) is 1.